The molecule has 0 amide bonds. The zero-order chi connectivity index (χ0) is 18.0. The summed E-state index contributed by atoms with van der Waals surface area (Å²) in [6, 6.07) is 0. The predicted molar refractivity (Wildman–Crippen MR) is 79.9 cm³/mol. The summed E-state index contributed by atoms with van der Waals surface area (Å²) in [5.74, 6) is -1.21. The van der Waals surface area contributed by atoms with Crippen molar-refractivity contribution < 1.29 is 45.2 Å². The molecule has 0 bridgehead atoms. The van der Waals surface area contributed by atoms with E-state index in [0.29, 0.717) is 0 Å². The molecular formula is C15H28O9. The molecule has 10 atom stereocenters. The van der Waals surface area contributed by atoms with Gasteiger partial charge in [-0.05, 0) is 12.8 Å². The first-order valence-electron chi connectivity index (χ1n) is 8.15. The fourth-order valence-corrected chi connectivity index (χ4v) is 3.67. The third kappa shape index (κ3) is 3.74. The number of aliphatic hydroxyl groups excluding tert-OH is 7. The van der Waals surface area contributed by atoms with Crippen LogP contribution in [0.25, 0.3) is 0 Å². The molecule has 7 N–H and O–H groups in total. The van der Waals surface area contributed by atoms with E-state index in [9.17, 15) is 35.7 Å². The van der Waals surface area contributed by atoms with Gasteiger partial charge in [-0.2, -0.15) is 0 Å². The van der Waals surface area contributed by atoms with Gasteiger partial charge < -0.3 is 45.2 Å². The molecule has 0 saturated heterocycles. The molecule has 142 valence electrons. The molecule has 2 aliphatic carbocycles. The summed E-state index contributed by atoms with van der Waals surface area (Å²) in [5, 5.41) is 69.0. The highest BCUT2D eigenvalue weighted by Crippen LogP contribution is 2.34. The third-order valence-electron chi connectivity index (χ3n) is 5.27. The van der Waals surface area contributed by atoms with E-state index in [2.05, 4.69) is 0 Å². The van der Waals surface area contributed by atoms with Gasteiger partial charge >= 0.3 is 0 Å². The van der Waals surface area contributed by atoms with E-state index in [-0.39, 0.29) is 19.4 Å². The Hall–Kier alpha value is -0.360. The van der Waals surface area contributed by atoms with E-state index < -0.39 is 67.3 Å². The molecule has 2 aliphatic rings. The quantitative estimate of drug-likeness (QED) is 0.267. The minimum Gasteiger partial charge on any atom is -0.396 e. The summed E-state index contributed by atoms with van der Waals surface area (Å²) in [4.78, 5) is 0. The second-order valence-electron chi connectivity index (χ2n) is 6.72. The normalized spacial score (nSPS) is 50.0. The molecule has 24 heavy (non-hydrogen) atoms. The molecule has 0 spiro atoms. The lowest BCUT2D eigenvalue weighted by molar-refractivity contribution is -0.239. The Balaban J connectivity index is 2.12. The molecule has 2 saturated carbocycles. The summed E-state index contributed by atoms with van der Waals surface area (Å²) < 4.78 is 10.8. The Morgan fingerprint density at radius 1 is 0.708 bits per heavy atom. The zero-order valence-electron chi connectivity index (χ0n) is 13.5. The molecular weight excluding hydrogens is 324 g/mol. The molecule has 1 unspecified atom stereocenters. The summed E-state index contributed by atoms with van der Waals surface area (Å²) >= 11 is 0. The number of aliphatic hydroxyl groups is 7. The second kappa shape index (κ2) is 8.35. The topological polar surface area (TPSA) is 160 Å². The van der Waals surface area contributed by atoms with Crippen LogP contribution in [0.1, 0.15) is 12.8 Å². The lowest BCUT2D eigenvalue weighted by atomic mass is 9.79. The van der Waals surface area contributed by atoms with Gasteiger partial charge in [0.15, 0.2) is 0 Å². The molecule has 0 aromatic carbocycles. The van der Waals surface area contributed by atoms with Crippen molar-refractivity contribution in [1.82, 2.24) is 0 Å². The summed E-state index contributed by atoms with van der Waals surface area (Å²) in [6.07, 6.45) is -8.99. The Labute approximate surface area is 140 Å². The minimum absolute atomic E-state index is 0.0705. The first kappa shape index (κ1) is 20.0. The fourth-order valence-electron chi connectivity index (χ4n) is 3.67. The van der Waals surface area contributed by atoms with Crippen LogP contribution in [0, 0.1) is 11.8 Å². The van der Waals surface area contributed by atoms with Crippen LogP contribution in [0.2, 0.25) is 0 Å². The van der Waals surface area contributed by atoms with Crippen LogP contribution in [0.4, 0.5) is 0 Å². The van der Waals surface area contributed by atoms with E-state index in [1.165, 1.54) is 7.11 Å². The van der Waals surface area contributed by atoms with Gasteiger partial charge in [-0.1, -0.05) is 0 Å². The van der Waals surface area contributed by atoms with Gasteiger partial charge in [-0.3, -0.25) is 0 Å². The fraction of sp³-hybridized carbons (Fsp3) is 1.00. The largest absolute Gasteiger partial charge is 0.396 e. The van der Waals surface area contributed by atoms with Gasteiger partial charge in [0.1, 0.15) is 24.4 Å². The molecule has 9 heteroatoms. The maximum Gasteiger partial charge on any atom is 0.109 e. The maximum atomic E-state index is 10.3. The first-order valence-corrected chi connectivity index (χ1v) is 8.15. The number of hydrogen-bond donors (Lipinski definition) is 7. The number of rotatable bonds is 5. The third-order valence-corrected chi connectivity index (χ3v) is 5.27. The van der Waals surface area contributed by atoms with Crippen molar-refractivity contribution in [3.8, 4) is 0 Å². The Morgan fingerprint density at radius 3 is 1.79 bits per heavy atom. The highest BCUT2D eigenvalue weighted by atomic mass is 16.5. The average Bonchev–Trinajstić information content (AvgIpc) is 2.59. The van der Waals surface area contributed by atoms with Crippen LogP contribution >= 0.6 is 0 Å². The minimum atomic E-state index is -1.49. The molecule has 0 radical (unpaired) electrons. The summed E-state index contributed by atoms with van der Waals surface area (Å²) in [6.45, 7) is -0.707. The van der Waals surface area contributed by atoms with Crippen LogP contribution in [0.5, 0.6) is 0 Å². The van der Waals surface area contributed by atoms with Crippen molar-refractivity contribution in [3.63, 3.8) is 0 Å². The molecule has 9 nitrogen and oxygen atoms in total. The van der Waals surface area contributed by atoms with Crippen molar-refractivity contribution in [2.24, 2.45) is 11.8 Å². The van der Waals surface area contributed by atoms with Crippen molar-refractivity contribution in [2.75, 3.05) is 20.3 Å². The van der Waals surface area contributed by atoms with Gasteiger partial charge in [0.2, 0.25) is 0 Å². The number of methoxy groups -OCH3 is 1. The zero-order valence-corrected chi connectivity index (χ0v) is 13.5. The number of hydrogen-bond acceptors (Lipinski definition) is 9. The van der Waals surface area contributed by atoms with Gasteiger partial charge in [-0.15, -0.1) is 0 Å². The van der Waals surface area contributed by atoms with Crippen molar-refractivity contribution in [2.45, 2.75) is 61.7 Å². The van der Waals surface area contributed by atoms with Crippen molar-refractivity contribution in [1.29, 1.82) is 0 Å². The summed E-state index contributed by atoms with van der Waals surface area (Å²) in [5.41, 5.74) is 0. The maximum absolute atomic E-state index is 10.3. The smallest absolute Gasteiger partial charge is 0.109 e. The molecule has 0 heterocycles. The Bertz CT molecular complexity index is 391. The van der Waals surface area contributed by atoms with E-state index in [1.54, 1.807) is 0 Å². The van der Waals surface area contributed by atoms with Gasteiger partial charge in [0, 0.05) is 32.2 Å². The molecule has 0 aliphatic heterocycles. The highest BCUT2D eigenvalue weighted by molar-refractivity contribution is 4.98. The lowest BCUT2D eigenvalue weighted by Gasteiger charge is -2.46. The van der Waals surface area contributed by atoms with Crippen molar-refractivity contribution >= 4 is 0 Å². The Kier molecular flexibility index (Phi) is 6.94. The molecule has 2 fully saturated rings. The van der Waals surface area contributed by atoms with Crippen molar-refractivity contribution in [3.05, 3.63) is 0 Å². The van der Waals surface area contributed by atoms with Gasteiger partial charge in [0.05, 0.1) is 24.4 Å². The van der Waals surface area contributed by atoms with Crippen LogP contribution in [-0.2, 0) is 9.47 Å². The van der Waals surface area contributed by atoms with E-state index in [1.807, 2.05) is 0 Å². The van der Waals surface area contributed by atoms with Crippen LogP contribution in [0.3, 0.4) is 0 Å². The average molecular weight is 352 g/mol. The van der Waals surface area contributed by atoms with Crippen LogP contribution in [0.15, 0.2) is 0 Å². The lowest BCUT2D eigenvalue weighted by Crippen LogP contribution is -2.60. The standard InChI is InChI=1S/C15H28O9/c1-23-8-3-7(5-17)15(14(22)11(8)19)24-9-2-6(4-16)10(18)13(21)12(9)20/h6-22H,2-5H2,1H3/t6-,7-,8?,9-,10+,11+,12+,13+,14-,15-/m0/s1. The predicted octanol–water partition coefficient (Wildman–Crippen LogP) is -3.42. The molecule has 2 rings (SSSR count). The second-order valence-corrected chi connectivity index (χ2v) is 6.72. The monoisotopic (exact) mass is 352 g/mol. The SMILES string of the molecule is COC1C[C@@H](CO)[C@H](O[C@H]2C[C@@H](CO)[C@@H](O)[C@@H](O)[C@@H]2O)[C@@H](O)[C@@H]1O. The Morgan fingerprint density at radius 2 is 1.25 bits per heavy atom. The van der Waals surface area contributed by atoms with E-state index in [0.717, 1.165) is 0 Å². The van der Waals surface area contributed by atoms with E-state index in [4.69, 9.17) is 9.47 Å². The van der Waals surface area contributed by atoms with Gasteiger partial charge in [0.25, 0.3) is 0 Å². The van der Waals surface area contributed by atoms with Gasteiger partial charge in [-0.25, -0.2) is 0 Å². The summed E-state index contributed by atoms with van der Waals surface area (Å²) in [7, 11) is 1.39. The highest BCUT2D eigenvalue weighted by Gasteiger charge is 2.49. The van der Waals surface area contributed by atoms with E-state index >= 15 is 0 Å². The molecule has 0 aromatic heterocycles. The number of ether oxygens (including phenoxy) is 2. The molecule has 0 aromatic rings. The first-order chi connectivity index (χ1) is 11.3. The van der Waals surface area contributed by atoms with Crippen LogP contribution in [-0.4, -0.2) is 105 Å². The van der Waals surface area contributed by atoms with Crippen LogP contribution < -0.4 is 0 Å².